The van der Waals surface area contributed by atoms with E-state index in [9.17, 15) is 0 Å². The Hall–Kier alpha value is -2.69. The van der Waals surface area contributed by atoms with Gasteiger partial charge in [-0.05, 0) is 18.1 Å². The average molecular weight is 251 g/mol. The van der Waals surface area contributed by atoms with E-state index in [1.54, 1.807) is 12.4 Å². The molecular weight excluding hydrogens is 238 g/mol. The van der Waals surface area contributed by atoms with Gasteiger partial charge in [0, 0.05) is 18.0 Å². The number of benzene rings is 1. The molecular formula is C14H13N5. The monoisotopic (exact) mass is 251 g/mol. The van der Waals surface area contributed by atoms with Crippen LogP contribution in [-0.4, -0.2) is 20.2 Å². The van der Waals surface area contributed by atoms with Crippen LogP contribution in [0.3, 0.4) is 0 Å². The molecule has 0 radical (unpaired) electrons. The van der Waals surface area contributed by atoms with E-state index in [-0.39, 0.29) is 0 Å². The lowest BCUT2D eigenvalue weighted by atomic mass is 9.98. The average Bonchev–Trinajstić information content (AvgIpc) is 2.82. The summed E-state index contributed by atoms with van der Waals surface area (Å²) in [4.78, 5) is 8.06. The Kier molecular flexibility index (Phi) is 2.72. The van der Waals surface area contributed by atoms with Crippen LogP contribution in [0.2, 0.25) is 0 Å². The predicted molar refractivity (Wildman–Crippen MR) is 74.2 cm³/mol. The number of hydrogen-bond acceptors (Lipinski definition) is 4. The Morgan fingerprint density at radius 1 is 1.11 bits per heavy atom. The predicted octanol–water partition coefficient (Wildman–Crippen LogP) is 2.42. The molecule has 19 heavy (non-hydrogen) atoms. The summed E-state index contributed by atoms with van der Waals surface area (Å²) >= 11 is 0. The van der Waals surface area contributed by atoms with Crippen molar-refractivity contribution in [3.63, 3.8) is 0 Å². The van der Waals surface area contributed by atoms with Crippen molar-refractivity contribution in [2.75, 3.05) is 5.73 Å². The van der Waals surface area contributed by atoms with Gasteiger partial charge in [0.1, 0.15) is 6.33 Å². The summed E-state index contributed by atoms with van der Waals surface area (Å²) in [7, 11) is 0. The van der Waals surface area contributed by atoms with Crippen LogP contribution < -0.4 is 5.73 Å². The van der Waals surface area contributed by atoms with Crippen LogP contribution in [0.5, 0.6) is 0 Å². The second-order valence-corrected chi connectivity index (χ2v) is 4.30. The zero-order chi connectivity index (χ0) is 13.2. The molecule has 0 fully saturated rings. The van der Waals surface area contributed by atoms with E-state index in [4.69, 9.17) is 5.73 Å². The smallest absolute Gasteiger partial charge is 0.153 e. The van der Waals surface area contributed by atoms with Crippen LogP contribution in [0.25, 0.3) is 22.4 Å². The number of H-pyrrole nitrogens is 1. The van der Waals surface area contributed by atoms with Crippen molar-refractivity contribution in [3.8, 4) is 22.4 Å². The van der Waals surface area contributed by atoms with E-state index < -0.39 is 0 Å². The third-order valence-corrected chi connectivity index (χ3v) is 3.06. The van der Waals surface area contributed by atoms with Crippen LogP contribution in [0.15, 0.2) is 43.0 Å². The fourth-order valence-electron chi connectivity index (χ4n) is 2.12. The van der Waals surface area contributed by atoms with Gasteiger partial charge in [0.05, 0.1) is 11.3 Å². The maximum atomic E-state index is 6.00. The Morgan fingerprint density at radius 3 is 2.58 bits per heavy atom. The molecule has 2 heterocycles. The van der Waals surface area contributed by atoms with E-state index in [0.717, 1.165) is 27.9 Å². The Labute approximate surface area is 110 Å². The number of aryl methyl sites for hydroxylation is 1. The van der Waals surface area contributed by atoms with Crippen molar-refractivity contribution in [1.82, 2.24) is 20.2 Å². The molecule has 3 aromatic rings. The van der Waals surface area contributed by atoms with Crippen LogP contribution in [0, 0.1) is 6.92 Å². The third-order valence-electron chi connectivity index (χ3n) is 3.06. The van der Waals surface area contributed by atoms with Crippen LogP contribution in [0.1, 0.15) is 5.56 Å². The first-order valence-corrected chi connectivity index (χ1v) is 5.92. The number of aromatic amines is 1. The normalized spacial score (nSPS) is 10.6. The minimum atomic E-state index is 0.480. The molecule has 5 heteroatoms. The van der Waals surface area contributed by atoms with Gasteiger partial charge < -0.3 is 5.73 Å². The highest BCUT2D eigenvalue weighted by atomic mass is 15.2. The number of rotatable bonds is 2. The first-order valence-electron chi connectivity index (χ1n) is 5.92. The molecule has 5 nitrogen and oxygen atoms in total. The van der Waals surface area contributed by atoms with Gasteiger partial charge in [-0.25, -0.2) is 9.97 Å². The minimum absolute atomic E-state index is 0.480. The van der Waals surface area contributed by atoms with Crippen molar-refractivity contribution in [2.45, 2.75) is 6.92 Å². The highest BCUT2D eigenvalue weighted by molar-refractivity contribution is 5.88. The quantitative estimate of drug-likeness (QED) is 0.733. The van der Waals surface area contributed by atoms with Crippen LogP contribution >= 0.6 is 0 Å². The van der Waals surface area contributed by atoms with Gasteiger partial charge >= 0.3 is 0 Å². The van der Waals surface area contributed by atoms with Crippen molar-refractivity contribution >= 4 is 5.82 Å². The van der Waals surface area contributed by atoms with Gasteiger partial charge in [0.25, 0.3) is 0 Å². The van der Waals surface area contributed by atoms with Gasteiger partial charge in [-0.3, -0.25) is 5.10 Å². The molecule has 0 aliphatic heterocycles. The number of nitrogens with zero attached hydrogens (tertiary/aromatic N) is 3. The fraction of sp³-hybridized carbons (Fsp3) is 0.0714. The van der Waals surface area contributed by atoms with E-state index >= 15 is 0 Å². The van der Waals surface area contributed by atoms with Crippen LogP contribution in [-0.2, 0) is 0 Å². The Balaban J connectivity index is 2.23. The maximum Gasteiger partial charge on any atom is 0.153 e. The third kappa shape index (κ3) is 1.95. The highest BCUT2D eigenvalue weighted by Crippen LogP contribution is 2.35. The van der Waals surface area contributed by atoms with Crippen molar-refractivity contribution in [3.05, 3.63) is 48.5 Å². The maximum absolute atomic E-state index is 6.00. The second-order valence-electron chi connectivity index (χ2n) is 4.30. The first-order chi connectivity index (χ1) is 9.27. The van der Waals surface area contributed by atoms with E-state index in [0.29, 0.717) is 5.82 Å². The van der Waals surface area contributed by atoms with Gasteiger partial charge in [0.2, 0.25) is 0 Å². The molecule has 1 aromatic carbocycles. The summed E-state index contributed by atoms with van der Waals surface area (Å²) in [5.41, 5.74) is 10.8. The lowest BCUT2D eigenvalue weighted by Gasteiger charge is -2.07. The highest BCUT2D eigenvalue weighted by Gasteiger charge is 2.16. The standard InChI is InChI=1S/C14H13N5/c1-9-4-2-3-5-11(9)12-13(18-19-14(12)15)10-6-16-8-17-7-10/h2-8H,1H3,(H3,15,18,19). The number of nitrogen functional groups attached to an aromatic ring is 1. The van der Waals surface area contributed by atoms with Crippen LogP contribution in [0.4, 0.5) is 5.82 Å². The number of aromatic nitrogens is 4. The Bertz CT molecular complexity index is 703. The Morgan fingerprint density at radius 2 is 1.84 bits per heavy atom. The summed E-state index contributed by atoms with van der Waals surface area (Å²) < 4.78 is 0. The molecule has 0 atom stereocenters. The van der Waals surface area contributed by atoms with Gasteiger partial charge in [-0.2, -0.15) is 5.10 Å². The first kappa shape index (κ1) is 11.4. The molecule has 3 rings (SSSR count). The van der Waals surface area contributed by atoms with Gasteiger partial charge in [-0.1, -0.05) is 24.3 Å². The van der Waals surface area contributed by atoms with E-state index in [2.05, 4.69) is 20.2 Å². The van der Waals surface area contributed by atoms with Crippen molar-refractivity contribution < 1.29 is 0 Å². The molecule has 0 amide bonds. The molecule has 0 unspecified atom stereocenters. The number of nitrogens with two attached hydrogens (primary N) is 1. The van der Waals surface area contributed by atoms with Gasteiger partial charge in [0.15, 0.2) is 5.82 Å². The second kappa shape index (κ2) is 4.53. The molecule has 0 spiro atoms. The largest absolute Gasteiger partial charge is 0.382 e. The molecule has 3 N–H and O–H groups in total. The van der Waals surface area contributed by atoms with Crippen molar-refractivity contribution in [2.24, 2.45) is 0 Å². The zero-order valence-electron chi connectivity index (χ0n) is 10.5. The zero-order valence-corrected chi connectivity index (χ0v) is 10.5. The molecule has 0 saturated heterocycles. The molecule has 0 saturated carbocycles. The minimum Gasteiger partial charge on any atom is -0.382 e. The molecule has 0 bridgehead atoms. The number of anilines is 1. The summed E-state index contributed by atoms with van der Waals surface area (Å²) in [6.45, 7) is 2.05. The van der Waals surface area contributed by atoms with Crippen molar-refractivity contribution in [1.29, 1.82) is 0 Å². The SMILES string of the molecule is Cc1ccccc1-c1c(N)n[nH]c1-c1cncnc1. The lowest BCUT2D eigenvalue weighted by Crippen LogP contribution is -1.91. The fourth-order valence-corrected chi connectivity index (χ4v) is 2.12. The molecule has 94 valence electrons. The summed E-state index contributed by atoms with van der Waals surface area (Å²) in [6.07, 6.45) is 4.97. The lowest BCUT2D eigenvalue weighted by molar-refractivity contribution is 1.09. The van der Waals surface area contributed by atoms with E-state index in [1.807, 2.05) is 31.2 Å². The molecule has 0 aliphatic carbocycles. The molecule has 2 aromatic heterocycles. The summed E-state index contributed by atoms with van der Waals surface area (Å²) in [5.74, 6) is 0.480. The topological polar surface area (TPSA) is 80.5 Å². The van der Waals surface area contributed by atoms with E-state index in [1.165, 1.54) is 6.33 Å². The summed E-state index contributed by atoms with van der Waals surface area (Å²) in [6, 6.07) is 8.07. The number of nitrogens with one attached hydrogen (secondary N) is 1. The molecule has 0 aliphatic rings. The van der Waals surface area contributed by atoms with Gasteiger partial charge in [-0.15, -0.1) is 0 Å². The number of hydrogen-bond donors (Lipinski definition) is 2. The summed E-state index contributed by atoms with van der Waals surface area (Å²) in [5, 5.41) is 7.07.